The zero-order chi connectivity index (χ0) is 34.8. The molecule has 0 aromatic heterocycles. The SMILES string of the molecule is C=C(C=C(C)C)C(CCC)CCC.C=C/C=C\C(=C/C)CC.C=CC(C)=C(C)C.CC.CC.CCc1cccc(C)c1C. The van der Waals surface area contributed by atoms with E-state index in [0.29, 0.717) is 5.92 Å². The van der Waals surface area contributed by atoms with Crippen LogP contribution in [0.25, 0.3) is 0 Å². The van der Waals surface area contributed by atoms with Crippen LogP contribution >= 0.6 is 0 Å². The predicted molar refractivity (Wildman–Crippen MR) is 207 cm³/mol. The Hall–Kier alpha value is -2.60. The molecule has 0 aliphatic rings. The zero-order valence-electron chi connectivity index (χ0n) is 32.1. The van der Waals surface area contributed by atoms with Crippen molar-refractivity contribution in [3.8, 4) is 0 Å². The van der Waals surface area contributed by atoms with Gasteiger partial charge in [0, 0.05) is 0 Å². The Morgan fingerprint density at radius 1 is 0.837 bits per heavy atom. The minimum atomic E-state index is 0.713. The Balaban J connectivity index is -0.000000146. The summed E-state index contributed by atoms with van der Waals surface area (Å²) < 4.78 is 0. The molecule has 0 saturated carbocycles. The molecule has 1 aromatic carbocycles. The van der Waals surface area contributed by atoms with Gasteiger partial charge in [0.2, 0.25) is 0 Å². The van der Waals surface area contributed by atoms with Crippen LogP contribution in [0, 0.1) is 19.8 Å². The standard InChI is InChI=1S/C13H24.C10H14.C9H14.C7H12.2C2H6/c1-6-8-13(9-7-2)12(5)10-11(3)4;1-4-10-7-5-6-8(2)9(10)3;1-4-7-8-9(5-2)6-3;1-5-7(4)6(2)3;2*1-2/h10,13H,5-9H2,1-4H3;5-7H,4H2,1-3H3;4-5,7-8H,1,6H2,2-3H3;5H,1H2,2-4H3;2*1-2H3/b;;8-7-,9-5-;;;. The third kappa shape index (κ3) is 32.2. The van der Waals surface area contributed by atoms with Gasteiger partial charge in [-0.15, -0.1) is 0 Å². The zero-order valence-corrected chi connectivity index (χ0v) is 32.1. The molecule has 0 heterocycles. The maximum atomic E-state index is 4.16. The van der Waals surface area contributed by atoms with E-state index in [1.807, 2.05) is 46.8 Å². The van der Waals surface area contributed by atoms with E-state index in [9.17, 15) is 0 Å². The third-order valence-corrected chi connectivity index (χ3v) is 6.69. The van der Waals surface area contributed by atoms with E-state index in [1.165, 1.54) is 70.2 Å². The van der Waals surface area contributed by atoms with Crippen molar-refractivity contribution in [3.63, 3.8) is 0 Å². The fraction of sp³-hybridized carbons (Fsp3) is 0.535. The molecule has 0 heteroatoms. The molecule has 43 heavy (non-hydrogen) atoms. The molecule has 0 amide bonds. The average Bonchev–Trinajstić information content (AvgIpc) is 3.01. The van der Waals surface area contributed by atoms with E-state index in [1.54, 1.807) is 6.08 Å². The summed E-state index contributed by atoms with van der Waals surface area (Å²) in [6, 6.07) is 6.48. The van der Waals surface area contributed by atoms with Crippen molar-refractivity contribution in [2.75, 3.05) is 0 Å². The first kappa shape index (κ1) is 50.0. The van der Waals surface area contributed by atoms with Gasteiger partial charge in [-0.05, 0) is 104 Å². The molecule has 0 radical (unpaired) electrons. The Kier molecular flexibility index (Phi) is 43.6. The first-order chi connectivity index (χ1) is 20.4. The lowest BCUT2D eigenvalue weighted by Crippen LogP contribution is -2.01. The van der Waals surface area contributed by atoms with Gasteiger partial charge in [-0.1, -0.05) is 170 Å². The molecule has 0 N–H and O–H groups in total. The molecule has 0 aliphatic carbocycles. The molecule has 0 spiro atoms. The van der Waals surface area contributed by atoms with Crippen molar-refractivity contribution >= 4 is 0 Å². The molecule has 0 saturated heterocycles. The monoisotopic (exact) mass is 593 g/mol. The summed E-state index contributed by atoms with van der Waals surface area (Å²) in [6.07, 6.45) is 19.4. The molecule has 0 atom stereocenters. The molecule has 0 nitrogen and oxygen atoms in total. The maximum Gasteiger partial charge on any atom is -0.0168 e. The second-order valence-electron chi connectivity index (χ2n) is 10.5. The number of aryl methyl sites for hydroxylation is 2. The fourth-order valence-electron chi connectivity index (χ4n) is 3.71. The van der Waals surface area contributed by atoms with Gasteiger partial charge in [0.05, 0.1) is 0 Å². The van der Waals surface area contributed by atoms with E-state index < -0.39 is 0 Å². The number of hydrogen-bond acceptors (Lipinski definition) is 0. The lowest BCUT2D eigenvalue weighted by Gasteiger charge is -2.15. The van der Waals surface area contributed by atoms with E-state index >= 15 is 0 Å². The highest BCUT2D eigenvalue weighted by Gasteiger charge is 2.08. The summed E-state index contributed by atoms with van der Waals surface area (Å²) in [5.41, 5.74) is 11.0. The largest absolute Gasteiger partial charge is 0.0991 e. The van der Waals surface area contributed by atoms with Gasteiger partial charge in [0.15, 0.2) is 0 Å². The molecule has 0 fully saturated rings. The maximum absolute atomic E-state index is 4.16. The van der Waals surface area contributed by atoms with Crippen LogP contribution in [-0.2, 0) is 6.42 Å². The fourth-order valence-corrected chi connectivity index (χ4v) is 3.71. The Bertz CT molecular complexity index is 913. The molecule has 1 rings (SSSR count). The van der Waals surface area contributed by atoms with Crippen molar-refractivity contribution in [2.45, 2.75) is 149 Å². The second-order valence-corrected chi connectivity index (χ2v) is 10.5. The predicted octanol–water partition coefficient (Wildman–Crippen LogP) is 15.3. The Morgan fingerprint density at radius 3 is 1.63 bits per heavy atom. The van der Waals surface area contributed by atoms with Crippen molar-refractivity contribution in [1.82, 2.24) is 0 Å². The van der Waals surface area contributed by atoms with E-state index in [2.05, 4.69) is 132 Å². The molecule has 0 aliphatic heterocycles. The minimum absolute atomic E-state index is 0.713. The summed E-state index contributed by atoms with van der Waals surface area (Å²) in [7, 11) is 0. The molecular weight excluding hydrogens is 516 g/mol. The highest BCUT2D eigenvalue weighted by atomic mass is 14.1. The van der Waals surface area contributed by atoms with Gasteiger partial charge in [-0.2, -0.15) is 0 Å². The first-order valence-electron chi connectivity index (χ1n) is 17.0. The van der Waals surface area contributed by atoms with Crippen molar-refractivity contribution in [2.24, 2.45) is 5.92 Å². The summed E-state index contributed by atoms with van der Waals surface area (Å²) in [4.78, 5) is 0. The van der Waals surface area contributed by atoms with Crippen LogP contribution in [0.5, 0.6) is 0 Å². The number of allylic oxidation sites excluding steroid dienone is 11. The number of rotatable bonds is 11. The van der Waals surface area contributed by atoms with Crippen LogP contribution < -0.4 is 0 Å². The molecule has 0 bridgehead atoms. The molecule has 0 unspecified atom stereocenters. The third-order valence-electron chi connectivity index (χ3n) is 6.69. The summed E-state index contributed by atoms with van der Waals surface area (Å²) in [6.45, 7) is 45.1. The van der Waals surface area contributed by atoms with Crippen LogP contribution in [0.1, 0.15) is 146 Å². The summed E-state index contributed by atoms with van der Waals surface area (Å²) in [5.74, 6) is 0.713. The Morgan fingerprint density at radius 2 is 1.35 bits per heavy atom. The van der Waals surface area contributed by atoms with Crippen molar-refractivity contribution in [1.29, 1.82) is 0 Å². The lowest BCUT2D eigenvalue weighted by atomic mass is 9.90. The van der Waals surface area contributed by atoms with Gasteiger partial charge < -0.3 is 0 Å². The van der Waals surface area contributed by atoms with E-state index in [4.69, 9.17) is 0 Å². The normalized spacial score (nSPS) is 9.56. The minimum Gasteiger partial charge on any atom is -0.0991 e. The average molecular weight is 593 g/mol. The quantitative estimate of drug-likeness (QED) is 0.224. The van der Waals surface area contributed by atoms with Gasteiger partial charge in [-0.25, -0.2) is 0 Å². The summed E-state index contributed by atoms with van der Waals surface area (Å²) in [5, 5.41) is 0. The van der Waals surface area contributed by atoms with Crippen LogP contribution in [0.3, 0.4) is 0 Å². The van der Waals surface area contributed by atoms with Gasteiger partial charge in [-0.3, -0.25) is 0 Å². The Labute approximate surface area is 273 Å². The van der Waals surface area contributed by atoms with Gasteiger partial charge in [0.1, 0.15) is 0 Å². The van der Waals surface area contributed by atoms with Crippen molar-refractivity contribution < 1.29 is 0 Å². The molecule has 1 aromatic rings. The highest BCUT2D eigenvalue weighted by Crippen LogP contribution is 2.23. The van der Waals surface area contributed by atoms with Crippen LogP contribution in [0.2, 0.25) is 0 Å². The summed E-state index contributed by atoms with van der Waals surface area (Å²) >= 11 is 0. The second kappa shape index (κ2) is 37.4. The van der Waals surface area contributed by atoms with E-state index in [-0.39, 0.29) is 0 Å². The number of hydrogen-bond donors (Lipinski definition) is 0. The highest BCUT2D eigenvalue weighted by molar-refractivity contribution is 5.32. The van der Waals surface area contributed by atoms with Gasteiger partial charge >= 0.3 is 0 Å². The van der Waals surface area contributed by atoms with Crippen LogP contribution in [0.4, 0.5) is 0 Å². The van der Waals surface area contributed by atoms with Gasteiger partial charge in [0.25, 0.3) is 0 Å². The van der Waals surface area contributed by atoms with E-state index in [0.717, 1.165) is 12.8 Å². The smallest absolute Gasteiger partial charge is 0.0168 e. The van der Waals surface area contributed by atoms with Crippen molar-refractivity contribution in [3.05, 3.63) is 119 Å². The molecule has 248 valence electrons. The van der Waals surface area contributed by atoms with Crippen LogP contribution in [0.15, 0.2) is 102 Å². The topological polar surface area (TPSA) is 0 Å². The number of benzene rings is 1. The molecular formula is C43H76. The first-order valence-corrected chi connectivity index (χ1v) is 17.0. The van der Waals surface area contributed by atoms with Crippen LogP contribution in [-0.4, -0.2) is 0 Å². The lowest BCUT2D eigenvalue weighted by molar-refractivity contribution is 0.513.